The first-order valence-corrected chi connectivity index (χ1v) is 8.28. The molecular formula is C15H18N2O5S. The van der Waals surface area contributed by atoms with Crippen LogP contribution >= 0.6 is 0 Å². The largest absolute Gasteiger partial charge is 0.478 e. The van der Waals surface area contributed by atoms with E-state index in [0.29, 0.717) is 22.7 Å². The number of sulfonamides is 1. The fraction of sp³-hybridized carbons (Fsp3) is 0.333. The van der Waals surface area contributed by atoms with Crippen LogP contribution in [0.4, 0.5) is 5.69 Å². The Hall–Kier alpha value is -2.35. The molecule has 124 valence electrons. The number of anilines is 1. The minimum absolute atomic E-state index is 0.00163. The minimum atomic E-state index is -3.94. The van der Waals surface area contributed by atoms with Crippen molar-refractivity contribution >= 4 is 21.7 Å². The molecule has 23 heavy (non-hydrogen) atoms. The van der Waals surface area contributed by atoms with E-state index in [1.807, 2.05) is 0 Å². The van der Waals surface area contributed by atoms with E-state index in [2.05, 4.69) is 5.16 Å². The number of benzene rings is 1. The second-order valence-corrected chi connectivity index (χ2v) is 7.27. The molecule has 1 aromatic heterocycles. The van der Waals surface area contributed by atoms with Crippen LogP contribution in [0.15, 0.2) is 21.6 Å². The predicted molar refractivity (Wildman–Crippen MR) is 84.4 cm³/mol. The van der Waals surface area contributed by atoms with Crippen LogP contribution in [0.5, 0.6) is 0 Å². The summed E-state index contributed by atoms with van der Waals surface area (Å²) in [5.74, 6) is -0.783. The van der Waals surface area contributed by atoms with E-state index in [-0.39, 0.29) is 16.0 Å². The van der Waals surface area contributed by atoms with Gasteiger partial charge in [-0.05, 0) is 44.9 Å². The number of carboxylic acids is 1. The van der Waals surface area contributed by atoms with Crippen molar-refractivity contribution in [3.63, 3.8) is 0 Å². The zero-order valence-electron chi connectivity index (χ0n) is 13.5. The number of carbonyl (C=O) groups is 1. The van der Waals surface area contributed by atoms with Crippen LogP contribution in [0.2, 0.25) is 0 Å². The number of aromatic nitrogens is 1. The number of rotatable bonds is 4. The highest BCUT2D eigenvalue weighted by atomic mass is 32.2. The molecule has 0 aliphatic carbocycles. The summed E-state index contributed by atoms with van der Waals surface area (Å²) in [5, 5.41) is 13.1. The number of aryl methyl sites for hydroxylation is 3. The van der Waals surface area contributed by atoms with Crippen molar-refractivity contribution in [3.05, 3.63) is 40.3 Å². The second-order valence-electron chi connectivity index (χ2n) is 5.33. The van der Waals surface area contributed by atoms with E-state index in [1.54, 1.807) is 20.8 Å². The first-order chi connectivity index (χ1) is 10.6. The van der Waals surface area contributed by atoms with Crippen LogP contribution in [-0.2, 0) is 10.0 Å². The van der Waals surface area contributed by atoms with Crippen molar-refractivity contribution in [2.75, 3.05) is 11.4 Å². The fourth-order valence-corrected chi connectivity index (χ4v) is 4.16. The van der Waals surface area contributed by atoms with Gasteiger partial charge >= 0.3 is 5.97 Å². The van der Waals surface area contributed by atoms with E-state index in [4.69, 9.17) is 4.52 Å². The summed E-state index contributed by atoms with van der Waals surface area (Å²) in [4.78, 5) is 11.3. The zero-order valence-corrected chi connectivity index (χ0v) is 14.4. The van der Waals surface area contributed by atoms with Crippen LogP contribution < -0.4 is 4.31 Å². The van der Waals surface area contributed by atoms with Gasteiger partial charge in [0.05, 0.1) is 10.5 Å². The molecule has 0 atom stereocenters. The Labute approximate surface area is 134 Å². The normalized spacial score (nSPS) is 11.5. The van der Waals surface area contributed by atoms with Crippen LogP contribution in [0.3, 0.4) is 0 Å². The van der Waals surface area contributed by atoms with Gasteiger partial charge < -0.3 is 9.63 Å². The van der Waals surface area contributed by atoms with Gasteiger partial charge in [-0.15, -0.1) is 0 Å². The number of nitrogens with zero attached hydrogens (tertiary/aromatic N) is 2. The molecule has 0 aliphatic heterocycles. The molecule has 1 N–H and O–H groups in total. The van der Waals surface area contributed by atoms with Crippen molar-refractivity contribution in [2.24, 2.45) is 0 Å². The molecule has 7 nitrogen and oxygen atoms in total. The Balaban J connectivity index is 2.66. The fourth-order valence-electron chi connectivity index (χ4n) is 2.63. The van der Waals surface area contributed by atoms with E-state index in [9.17, 15) is 18.3 Å². The maximum atomic E-state index is 12.9. The van der Waals surface area contributed by atoms with Gasteiger partial charge in [0.25, 0.3) is 10.0 Å². The highest BCUT2D eigenvalue weighted by Crippen LogP contribution is 2.31. The SMILES string of the molecule is Cc1ccc(S(=O)(=O)N(C)c2c(C)noc2C)c(C)c1C(=O)O. The van der Waals surface area contributed by atoms with Crippen molar-refractivity contribution < 1.29 is 22.8 Å². The van der Waals surface area contributed by atoms with Gasteiger partial charge in [0.15, 0.2) is 5.76 Å². The van der Waals surface area contributed by atoms with E-state index >= 15 is 0 Å². The van der Waals surface area contributed by atoms with E-state index in [1.165, 1.54) is 26.1 Å². The molecule has 0 bridgehead atoms. The molecule has 0 fully saturated rings. The van der Waals surface area contributed by atoms with Gasteiger partial charge in [0.2, 0.25) is 0 Å². The summed E-state index contributed by atoms with van der Waals surface area (Å²) < 4.78 is 31.9. The highest BCUT2D eigenvalue weighted by Gasteiger charge is 2.29. The van der Waals surface area contributed by atoms with Gasteiger partial charge in [-0.3, -0.25) is 4.31 Å². The average molecular weight is 338 g/mol. The third kappa shape index (κ3) is 2.70. The number of carboxylic acid groups (broad SMARTS) is 1. The molecule has 8 heteroatoms. The third-order valence-corrected chi connectivity index (χ3v) is 5.69. The Bertz CT molecular complexity index is 864. The van der Waals surface area contributed by atoms with Crippen LogP contribution in [0.25, 0.3) is 0 Å². The number of aromatic carboxylic acids is 1. The second kappa shape index (κ2) is 5.69. The molecular weight excluding hydrogens is 320 g/mol. The predicted octanol–water partition coefficient (Wildman–Crippen LogP) is 2.43. The summed E-state index contributed by atoms with van der Waals surface area (Å²) >= 11 is 0. The highest BCUT2D eigenvalue weighted by molar-refractivity contribution is 7.92. The molecule has 0 unspecified atom stereocenters. The summed E-state index contributed by atoms with van der Waals surface area (Å²) in [6.07, 6.45) is 0. The summed E-state index contributed by atoms with van der Waals surface area (Å²) in [5.41, 5.74) is 1.50. The Kier molecular flexibility index (Phi) is 4.21. The van der Waals surface area contributed by atoms with E-state index in [0.717, 1.165) is 4.31 Å². The molecule has 1 heterocycles. The van der Waals surface area contributed by atoms with Gasteiger partial charge in [-0.25, -0.2) is 13.2 Å². The van der Waals surface area contributed by atoms with Crippen molar-refractivity contribution in [2.45, 2.75) is 32.6 Å². The molecule has 1 aromatic carbocycles. The topological polar surface area (TPSA) is 101 Å². The maximum Gasteiger partial charge on any atom is 0.336 e. The number of hydrogen-bond acceptors (Lipinski definition) is 5. The molecule has 0 aliphatic rings. The van der Waals surface area contributed by atoms with Gasteiger partial charge in [-0.2, -0.15) is 0 Å². The van der Waals surface area contributed by atoms with Crippen molar-refractivity contribution in [3.8, 4) is 0 Å². The summed E-state index contributed by atoms with van der Waals surface area (Å²) in [6.45, 7) is 6.38. The van der Waals surface area contributed by atoms with E-state index < -0.39 is 16.0 Å². The summed E-state index contributed by atoms with van der Waals surface area (Å²) in [6, 6.07) is 2.91. The lowest BCUT2D eigenvalue weighted by Crippen LogP contribution is -2.28. The Morgan fingerprint density at radius 3 is 2.30 bits per heavy atom. The molecule has 0 spiro atoms. The average Bonchev–Trinajstić information content (AvgIpc) is 2.76. The Morgan fingerprint density at radius 2 is 1.83 bits per heavy atom. The van der Waals surface area contributed by atoms with Crippen LogP contribution in [0, 0.1) is 27.7 Å². The molecule has 0 radical (unpaired) electrons. The molecule has 2 aromatic rings. The molecule has 0 saturated carbocycles. The smallest absolute Gasteiger partial charge is 0.336 e. The minimum Gasteiger partial charge on any atom is -0.478 e. The lowest BCUT2D eigenvalue weighted by atomic mass is 10.0. The third-order valence-electron chi connectivity index (χ3n) is 3.79. The van der Waals surface area contributed by atoms with Gasteiger partial charge in [0, 0.05) is 7.05 Å². The monoisotopic (exact) mass is 338 g/mol. The zero-order chi connectivity index (χ0) is 17.5. The molecule has 0 saturated heterocycles. The lowest BCUT2D eigenvalue weighted by Gasteiger charge is -2.21. The quantitative estimate of drug-likeness (QED) is 0.919. The van der Waals surface area contributed by atoms with Crippen LogP contribution in [-0.4, -0.2) is 31.7 Å². The van der Waals surface area contributed by atoms with Gasteiger partial charge in [0.1, 0.15) is 11.4 Å². The van der Waals surface area contributed by atoms with Crippen molar-refractivity contribution in [1.29, 1.82) is 0 Å². The molecule has 0 amide bonds. The summed E-state index contributed by atoms with van der Waals surface area (Å²) in [7, 11) is -2.55. The molecule has 2 rings (SSSR count). The van der Waals surface area contributed by atoms with Crippen LogP contribution in [0.1, 0.15) is 32.9 Å². The number of hydrogen-bond donors (Lipinski definition) is 1. The lowest BCUT2D eigenvalue weighted by molar-refractivity contribution is 0.0695. The van der Waals surface area contributed by atoms with Crippen molar-refractivity contribution in [1.82, 2.24) is 5.16 Å². The maximum absolute atomic E-state index is 12.9. The first kappa shape index (κ1) is 17.0. The first-order valence-electron chi connectivity index (χ1n) is 6.84. The Morgan fingerprint density at radius 1 is 1.22 bits per heavy atom. The standard InChI is InChI=1S/C15H18N2O5S/c1-8-6-7-12(9(2)13(8)15(18)19)23(20,21)17(5)14-10(3)16-22-11(14)4/h6-7H,1-5H3,(H,18,19). The van der Waals surface area contributed by atoms with Gasteiger partial charge in [-0.1, -0.05) is 11.2 Å².